The molecule has 1 rings (SSSR count). The SMILES string of the molecule is CCc1c(Cl)nc(COCC(F)(F)F)nc1Cl. The third-order valence-corrected chi connectivity index (χ3v) is 2.43. The molecule has 17 heavy (non-hydrogen) atoms. The number of ether oxygens (including phenoxy) is 1. The van der Waals surface area contributed by atoms with Crippen LogP contribution in [-0.4, -0.2) is 22.8 Å². The smallest absolute Gasteiger partial charge is 0.364 e. The lowest BCUT2D eigenvalue weighted by atomic mass is 10.3. The highest BCUT2D eigenvalue weighted by atomic mass is 35.5. The summed E-state index contributed by atoms with van der Waals surface area (Å²) >= 11 is 11.6. The van der Waals surface area contributed by atoms with Gasteiger partial charge in [-0.05, 0) is 6.42 Å². The fourth-order valence-corrected chi connectivity index (χ4v) is 1.78. The molecule has 0 aliphatic rings. The van der Waals surface area contributed by atoms with Gasteiger partial charge in [-0.3, -0.25) is 0 Å². The van der Waals surface area contributed by atoms with Crippen LogP contribution < -0.4 is 0 Å². The molecule has 0 aromatic carbocycles. The number of alkyl halides is 3. The van der Waals surface area contributed by atoms with Gasteiger partial charge in [0, 0.05) is 5.56 Å². The highest BCUT2D eigenvalue weighted by molar-refractivity contribution is 6.34. The van der Waals surface area contributed by atoms with Gasteiger partial charge >= 0.3 is 6.18 Å². The van der Waals surface area contributed by atoms with E-state index in [9.17, 15) is 13.2 Å². The Bertz CT molecular complexity index is 375. The molecule has 0 bridgehead atoms. The largest absolute Gasteiger partial charge is 0.411 e. The van der Waals surface area contributed by atoms with Crippen molar-refractivity contribution in [2.24, 2.45) is 0 Å². The van der Waals surface area contributed by atoms with Gasteiger partial charge in [-0.1, -0.05) is 30.1 Å². The van der Waals surface area contributed by atoms with E-state index >= 15 is 0 Å². The van der Waals surface area contributed by atoms with Crippen molar-refractivity contribution in [2.45, 2.75) is 26.1 Å². The summed E-state index contributed by atoms with van der Waals surface area (Å²) in [4.78, 5) is 7.60. The van der Waals surface area contributed by atoms with Crippen molar-refractivity contribution in [2.75, 3.05) is 6.61 Å². The zero-order chi connectivity index (χ0) is 13.1. The van der Waals surface area contributed by atoms with Gasteiger partial charge in [0.05, 0.1) is 0 Å². The van der Waals surface area contributed by atoms with E-state index in [1.165, 1.54) is 0 Å². The second-order valence-corrected chi connectivity index (χ2v) is 3.88. The average Bonchev–Trinajstić information content (AvgIpc) is 2.15. The van der Waals surface area contributed by atoms with Gasteiger partial charge < -0.3 is 4.74 Å². The van der Waals surface area contributed by atoms with Gasteiger partial charge in [0.25, 0.3) is 0 Å². The molecule has 0 aliphatic carbocycles. The van der Waals surface area contributed by atoms with E-state index < -0.39 is 12.8 Å². The molecule has 0 unspecified atom stereocenters. The molecule has 0 fully saturated rings. The molecule has 8 heteroatoms. The van der Waals surface area contributed by atoms with Crippen molar-refractivity contribution in [1.29, 1.82) is 0 Å². The molecule has 0 spiro atoms. The Morgan fingerprint density at radius 2 is 1.71 bits per heavy atom. The van der Waals surface area contributed by atoms with Gasteiger partial charge in [0.15, 0.2) is 5.82 Å². The third-order valence-electron chi connectivity index (χ3n) is 1.80. The lowest BCUT2D eigenvalue weighted by Gasteiger charge is -2.08. The molecule has 0 radical (unpaired) electrons. The van der Waals surface area contributed by atoms with Crippen LogP contribution in [0.15, 0.2) is 0 Å². The average molecular weight is 289 g/mol. The van der Waals surface area contributed by atoms with E-state index in [1.807, 2.05) is 6.92 Å². The van der Waals surface area contributed by atoms with Crippen molar-refractivity contribution in [3.05, 3.63) is 21.7 Å². The second kappa shape index (κ2) is 5.84. The van der Waals surface area contributed by atoms with Crippen LogP contribution in [0.4, 0.5) is 13.2 Å². The predicted octanol–water partition coefficient (Wildman–Crippen LogP) is 3.42. The molecule has 3 nitrogen and oxygen atoms in total. The predicted molar refractivity (Wildman–Crippen MR) is 57.1 cm³/mol. The molecule has 0 saturated carbocycles. The summed E-state index contributed by atoms with van der Waals surface area (Å²) in [5.74, 6) is 0.0291. The molecule has 0 amide bonds. The van der Waals surface area contributed by atoms with Crippen molar-refractivity contribution in [1.82, 2.24) is 9.97 Å². The summed E-state index contributed by atoms with van der Waals surface area (Å²) < 4.78 is 39.9. The van der Waals surface area contributed by atoms with E-state index in [0.29, 0.717) is 12.0 Å². The van der Waals surface area contributed by atoms with E-state index in [-0.39, 0.29) is 22.7 Å². The second-order valence-electron chi connectivity index (χ2n) is 3.16. The first-order valence-corrected chi connectivity index (χ1v) is 5.44. The monoisotopic (exact) mass is 288 g/mol. The molecule has 96 valence electrons. The summed E-state index contributed by atoms with van der Waals surface area (Å²) in [5.41, 5.74) is 0.563. The maximum Gasteiger partial charge on any atom is 0.411 e. The standard InChI is InChI=1S/C9H9Cl2F3N2O/c1-2-5-7(10)15-6(16-8(5)11)3-17-4-9(12,13)14/h2-4H2,1H3. The Kier molecular flexibility index (Phi) is 4.97. The maximum atomic E-state index is 11.8. The molecular formula is C9H9Cl2F3N2O. The number of aromatic nitrogens is 2. The summed E-state index contributed by atoms with van der Waals surface area (Å²) in [6.45, 7) is 0.0698. The van der Waals surface area contributed by atoms with E-state index in [2.05, 4.69) is 14.7 Å². The van der Waals surface area contributed by atoms with Crippen molar-refractivity contribution in [3.63, 3.8) is 0 Å². The Hall–Kier alpha value is -0.590. The summed E-state index contributed by atoms with van der Waals surface area (Å²) in [5, 5.41) is 0.274. The van der Waals surface area contributed by atoms with Crippen LogP contribution in [0, 0.1) is 0 Å². The fourth-order valence-electron chi connectivity index (χ4n) is 1.09. The van der Waals surface area contributed by atoms with E-state index in [1.54, 1.807) is 0 Å². The number of hydrogen-bond acceptors (Lipinski definition) is 3. The minimum absolute atomic E-state index is 0.0291. The normalized spacial score (nSPS) is 11.9. The highest BCUT2D eigenvalue weighted by Gasteiger charge is 2.27. The molecule has 0 atom stereocenters. The van der Waals surface area contributed by atoms with Crippen LogP contribution in [-0.2, 0) is 17.8 Å². The van der Waals surface area contributed by atoms with Crippen LogP contribution in [0.3, 0.4) is 0 Å². The van der Waals surface area contributed by atoms with Crippen LogP contribution in [0.2, 0.25) is 10.3 Å². The number of nitrogens with zero attached hydrogens (tertiary/aromatic N) is 2. The van der Waals surface area contributed by atoms with Crippen molar-refractivity contribution < 1.29 is 17.9 Å². The third kappa shape index (κ3) is 4.65. The maximum absolute atomic E-state index is 11.8. The van der Waals surface area contributed by atoms with Gasteiger partial charge in [0.2, 0.25) is 0 Å². The summed E-state index contributed by atoms with van der Waals surface area (Å²) in [7, 11) is 0. The molecular weight excluding hydrogens is 280 g/mol. The first-order chi connectivity index (χ1) is 7.83. The van der Waals surface area contributed by atoms with Crippen LogP contribution >= 0.6 is 23.2 Å². The van der Waals surface area contributed by atoms with Gasteiger partial charge in [-0.25, -0.2) is 9.97 Å². The van der Waals surface area contributed by atoms with Crippen molar-refractivity contribution in [3.8, 4) is 0 Å². The lowest BCUT2D eigenvalue weighted by Crippen LogP contribution is -2.17. The highest BCUT2D eigenvalue weighted by Crippen LogP contribution is 2.22. The van der Waals surface area contributed by atoms with Gasteiger partial charge in [0.1, 0.15) is 23.5 Å². The summed E-state index contributed by atoms with van der Waals surface area (Å²) in [6, 6.07) is 0. The Morgan fingerprint density at radius 1 is 1.18 bits per heavy atom. The minimum Gasteiger partial charge on any atom is -0.364 e. The molecule has 1 aromatic heterocycles. The molecule has 1 aromatic rings. The number of halogens is 5. The quantitative estimate of drug-likeness (QED) is 0.796. The Balaban J connectivity index is 2.67. The minimum atomic E-state index is -4.38. The first-order valence-electron chi connectivity index (χ1n) is 4.68. The van der Waals surface area contributed by atoms with E-state index in [0.717, 1.165) is 0 Å². The molecule has 1 heterocycles. The van der Waals surface area contributed by atoms with Crippen molar-refractivity contribution >= 4 is 23.2 Å². The molecule has 0 N–H and O–H groups in total. The van der Waals surface area contributed by atoms with Gasteiger partial charge in [-0.15, -0.1) is 0 Å². The molecule has 0 aliphatic heterocycles. The van der Waals surface area contributed by atoms with Crippen LogP contribution in [0.5, 0.6) is 0 Å². The Labute approximate surface area is 106 Å². The summed E-state index contributed by atoms with van der Waals surface area (Å²) in [6.07, 6.45) is -3.84. The van der Waals surface area contributed by atoms with Gasteiger partial charge in [-0.2, -0.15) is 13.2 Å². The number of hydrogen-bond donors (Lipinski definition) is 0. The van der Waals surface area contributed by atoms with Crippen LogP contribution in [0.25, 0.3) is 0 Å². The van der Waals surface area contributed by atoms with Crippen LogP contribution in [0.1, 0.15) is 18.3 Å². The first kappa shape index (κ1) is 14.5. The number of rotatable bonds is 4. The lowest BCUT2D eigenvalue weighted by molar-refractivity contribution is -0.177. The zero-order valence-corrected chi connectivity index (χ0v) is 10.3. The fraction of sp³-hybridized carbons (Fsp3) is 0.556. The van der Waals surface area contributed by atoms with E-state index in [4.69, 9.17) is 23.2 Å². The topological polar surface area (TPSA) is 35.0 Å². The molecule has 0 saturated heterocycles. The zero-order valence-electron chi connectivity index (χ0n) is 8.81. The Morgan fingerprint density at radius 3 is 2.12 bits per heavy atom.